The molecule has 1 N–H and O–H groups in total. The Morgan fingerprint density at radius 1 is 0.944 bits per heavy atom. The molecule has 1 heterocycles. The molecule has 18 heavy (non-hydrogen) atoms. The topological polar surface area (TPSA) is 36.3 Å². The van der Waals surface area contributed by atoms with Crippen LogP contribution in [0.3, 0.4) is 0 Å². The third-order valence-corrected chi connectivity index (χ3v) is 3.02. The number of nitrogens with zero attached hydrogens (tertiary/aromatic N) is 1. The van der Waals surface area contributed by atoms with Crippen molar-refractivity contribution in [2.45, 2.75) is 6.23 Å². The number of para-hydroxylation sites is 1. The summed E-state index contributed by atoms with van der Waals surface area (Å²) in [6.07, 6.45) is -0.193. The lowest BCUT2D eigenvalue weighted by molar-refractivity contribution is 0.117. The predicted octanol–water partition coefficient (Wildman–Crippen LogP) is 3.20. The number of benzene rings is 2. The van der Waals surface area contributed by atoms with Crippen LogP contribution in [0.2, 0.25) is 0 Å². The van der Waals surface area contributed by atoms with E-state index in [4.69, 9.17) is 10.1 Å². The molecule has 1 unspecified atom stereocenters. The lowest BCUT2D eigenvalue weighted by atomic mass is 10.1. The van der Waals surface area contributed by atoms with Gasteiger partial charge < -0.3 is 4.74 Å². The first kappa shape index (κ1) is 11.0. The Morgan fingerprint density at radius 3 is 2.22 bits per heavy atom. The quantitative estimate of drug-likeness (QED) is 0.872. The number of hydrogen-bond acceptors (Lipinski definition) is 2. The maximum absolute atomic E-state index is 8.02. The van der Waals surface area contributed by atoms with Crippen molar-refractivity contribution >= 4 is 11.5 Å². The lowest BCUT2D eigenvalue weighted by Crippen LogP contribution is -2.27. The zero-order valence-electron chi connectivity index (χ0n) is 9.91. The Morgan fingerprint density at radius 2 is 1.56 bits per heavy atom. The van der Waals surface area contributed by atoms with Crippen molar-refractivity contribution in [3.05, 3.63) is 66.2 Å². The second kappa shape index (κ2) is 4.63. The predicted molar refractivity (Wildman–Crippen MR) is 71.8 cm³/mol. The molecule has 2 aromatic carbocycles. The van der Waals surface area contributed by atoms with Gasteiger partial charge in [0.2, 0.25) is 0 Å². The van der Waals surface area contributed by atoms with Crippen molar-refractivity contribution in [2.75, 3.05) is 11.5 Å². The molecule has 0 spiro atoms. The van der Waals surface area contributed by atoms with Crippen LogP contribution in [0.4, 0.5) is 5.69 Å². The number of rotatable bonds is 2. The van der Waals surface area contributed by atoms with Gasteiger partial charge in [-0.2, -0.15) is 0 Å². The molecule has 0 bridgehead atoms. The van der Waals surface area contributed by atoms with Crippen molar-refractivity contribution in [1.29, 1.82) is 5.41 Å². The van der Waals surface area contributed by atoms with Crippen molar-refractivity contribution in [3.8, 4) is 0 Å². The third kappa shape index (κ3) is 1.89. The van der Waals surface area contributed by atoms with Gasteiger partial charge in [-0.1, -0.05) is 48.5 Å². The van der Waals surface area contributed by atoms with Crippen LogP contribution < -0.4 is 4.90 Å². The molecule has 0 radical (unpaired) electrons. The molecular weight excluding hydrogens is 224 g/mol. The molecule has 0 aliphatic carbocycles. The minimum Gasteiger partial charge on any atom is -0.346 e. The van der Waals surface area contributed by atoms with Crippen molar-refractivity contribution in [3.63, 3.8) is 0 Å². The van der Waals surface area contributed by atoms with Crippen LogP contribution in [0, 0.1) is 5.41 Å². The number of ether oxygens (including phenoxy) is 1. The molecule has 1 atom stereocenters. The summed E-state index contributed by atoms with van der Waals surface area (Å²) in [4.78, 5) is 1.93. The van der Waals surface area contributed by atoms with Gasteiger partial charge >= 0.3 is 0 Å². The zero-order chi connectivity index (χ0) is 12.4. The van der Waals surface area contributed by atoms with Crippen molar-refractivity contribution in [2.24, 2.45) is 0 Å². The molecule has 3 rings (SSSR count). The van der Waals surface area contributed by atoms with Crippen LogP contribution in [-0.4, -0.2) is 12.4 Å². The van der Waals surface area contributed by atoms with E-state index in [0.29, 0.717) is 12.4 Å². The smallest absolute Gasteiger partial charge is 0.162 e. The normalized spacial score (nSPS) is 19.2. The molecule has 1 saturated heterocycles. The summed E-state index contributed by atoms with van der Waals surface area (Å²) in [5.41, 5.74) is 2.07. The Bertz CT molecular complexity index is 539. The van der Waals surface area contributed by atoms with Crippen molar-refractivity contribution < 1.29 is 4.74 Å². The van der Waals surface area contributed by atoms with E-state index in [1.807, 2.05) is 65.6 Å². The highest BCUT2D eigenvalue weighted by Gasteiger charge is 2.31. The fraction of sp³-hybridized carbons (Fsp3) is 0.133. The molecule has 1 aliphatic rings. The molecule has 0 amide bonds. The molecule has 0 aromatic heterocycles. The van der Waals surface area contributed by atoms with Crippen LogP contribution in [-0.2, 0) is 4.74 Å². The van der Waals surface area contributed by atoms with Gasteiger partial charge in [0.25, 0.3) is 0 Å². The van der Waals surface area contributed by atoms with Gasteiger partial charge in [-0.3, -0.25) is 10.3 Å². The Kier molecular flexibility index (Phi) is 2.82. The average molecular weight is 238 g/mol. The van der Waals surface area contributed by atoms with Crippen LogP contribution in [0.1, 0.15) is 11.8 Å². The molecule has 1 fully saturated rings. The molecule has 3 nitrogen and oxygen atoms in total. The second-order valence-electron chi connectivity index (χ2n) is 4.23. The Balaban J connectivity index is 1.98. The minimum atomic E-state index is -0.193. The number of nitrogens with one attached hydrogen (secondary N) is 1. The van der Waals surface area contributed by atoms with Crippen LogP contribution in [0.25, 0.3) is 0 Å². The van der Waals surface area contributed by atoms with Gasteiger partial charge in [-0.25, -0.2) is 0 Å². The second-order valence-corrected chi connectivity index (χ2v) is 4.23. The lowest BCUT2D eigenvalue weighted by Gasteiger charge is -2.24. The van der Waals surface area contributed by atoms with E-state index in [1.54, 1.807) is 0 Å². The Labute approximate surface area is 106 Å². The number of amidine groups is 1. The molecular formula is C15H14N2O. The van der Waals surface area contributed by atoms with Crippen molar-refractivity contribution in [1.82, 2.24) is 0 Å². The SMILES string of the molecule is N=C1COC(c2ccccc2)N1c1ccccc1. The van der Waals surface area contributed by atoms with E-state index in [-0.39, 0.29) is 6.23 Å². The van der Waals surface area contributed by atoms with Crippen LogP contribution in [0.5, 0.6) is 0 Å². The van der Waals surface area contributed by atoms with Gasteiger partial charge in [-0.05, 0) is 12.1 Å². The van der Waals surface area contributed by atoms with Crippen LogP contribution >= 0.6 is 0 Å². The highest BCUT2D eigenvalue weighted by Crippen LogP contribution is 2.32. The van der Waals surface area contributed by atoms with E-state index < -0.39 is 0 Å². The molecule has 0 saturated carbocycles. The first-order valence-electron chi connectivity index (χ1n) is 5.94. The summed E-state index contributed by atoms with van der Waals surface area (Å²) < 4.78 is 5.72. The first-order valence-corrected chi connectivity index (χ1v) is 5.94. The van der Waals surface area contributed by atoms with E-state index >= 15 is 0 Å². The number of hydrogen-bond donors (Lipinski definition) is 1. The van der Waals surface area contributed by atoms with E-state index in [9.17, 15) is 0 Å². The van der Waals surface area contributed by atoms with E-state index in [0.717, 1.165) is 11.3 Å². The molecule has 90 valence electrons. The zero-order valence-corrected chi connectivity index (χ0v) is 9.91. The highest BCUT2D eigenvalue weighted by atomic mass is 16.5. The third-order valence-electron chi connectivity index (χ3n) is 3.02. The average Bonchev–Trinajstić information content (AvgIpc) is 2.83. The van der Waals surface area contributed by atoms with E-state index in [1.165, 1.54) is 0 Å². The maximum Gasteiger partial charge on any atom is 0.162 e. The monoisotopic (exact) mass is 238 g/mol. The fourth-order valence-corrected chi connectivity index (χ4v) is 2.19. The summed E-state index contributed by atoms with van der Waals surface area (Å²) in [5, 5.41) is 8.02. The molecule has 3 heteroatoms. The standard InChI is InChI=1S/C15H14N2O/c16-14-11-18-15(12-7-3-1-4-8-12)17(14)13-9-5-2-6-10-13/h1-10,15-16H,11H2. The summed E-state index contributed by atoms with van der Waals surface area (Å²) >= 11 is 0. The number of anilines is 1. The minimum absolute atomic E-state index is 0.193. The van der Waals surface area contributed by atoms with E-state index in [2.05, 4.69) is 0 Å². The summed E-state index contributed by atoms with van der Waals surface area (Å²) in [5.74, 6) is 0.495. The van der Waals surface area contributed by atoms with Crippen LogP contribution in [0.15, 0.2) is 60.7 Å². The largest absolute Gasteiger partial charge is 0.346 e. The summed E-state index contributed by atoms with van der Waals surface area (Å²) in [6, 6.07) is 19.9. The first-order chi connectivity index (χ1) is 8.86. The van der Waals surface area contributed by atoms with Gasteiger partial charge in [0.15, 0.2) is 6.23 Å². The van der Waals surface area contributed by atoms with Gasteiger partial charge in [0.05, 0.1) is 0 Å². The maximum atomic E-state index is 8.02. The Hall–Kier alpha value is -2.13. The van der Waals surface area contributed by atoms with Gasteiger partial charge in [-0.15, -0.1) is 0 Å². The summed E-state index contributed by atoms with van der Waals surface area (Å²) in [7, 11) is 0. The summed E-state index contributed by atoms with van der Waals surface area (Å²) in [6.45, 7) is 0.356. The van der Waals surface area contributed by atoms with Gasteiger partial charge in [0, 0.05) is 11.3 Å². The molecule has 1 aliphatic heterocycles. The highest BCUT2D eigenvalue weighted by molar-refractivity contribution is 5.98. The van der Waals surface area contributed by atoms with Gasteiger partial charge in [0.1, 0.15) is 12.4 Å². The fourth-order valence-electron chi connectivity index (χ4n) is 2.19. The molecule has 2 aromatic rings.